The van der Waals surface area contributed by atoms with Gasteiger partial charge in [0.15, 0.2) is 11.9 Å². The highest BCUT2D eigenvalue weighted by molar-refractivity contribution is 5.96. The highest BCUT2D eigenvalue weighted by Crippen LogP contribution is 2.27. The molecule has 0 spiro atoms. The van der Waals surface area contributed by atoms with E-state index in [1.54, 1.807) is 24.3 Å². The highest BCUT2D eigenvalue weighted by atomic mass is 16.5. The van der Waals surface area contributed by atoms with Gasteiger partial charge in [-0.1, -0.05) is 72.8 Å². The Morgan fingerprint density at radius 3 is 1.56 bits per heavy atom. The number of ether oxygens (including phenoxy) is 1. The number of ketones is 1. The van der Waals surface area contributed by atoms with Crippen LogP contribution in [-0.4, -0.2) is 11.8 Å². The molecule has 0 radical (unpaired) electrons. The number of carbonyl (C=O) groups excluding carboxylic acids is 2. The fourth-order valence-electron chi connectivity index (χ4n) is 2.60. The van der Waals surface area contributed by atoms with Gasteiger partial charge in [0.25, 0.3) is 0 Å². The summed E-state index contributed by atoms with van der Waals surface area (Å²) in [5.74, 6) is -0.459. The van der Waals surface area contributed by atoms with Crippen LogP contribution >= 0.6 is 0 Å². The van der Waals surface area contributed by atoms with Crippen molar-refractivity contribution in [3.63, 3.8) is 0 Å². The van der Waals surface area contributed by atoms with E-state index in [0.717, 1.165) is 11.1 Å². The molecule has 0 bridgehead atoms. The quantitative estimate of drug-likeness (QED) is 0.497. The summed E-state index contributed by atoms with van der Waals surface area (Å²) < 4.78 is 5.79. The summed E-state index contributed by atoms with van der Waals surface area (Å²) in [6.07, 6.45) is -0.484. The first-order chi connectivity index (χ1) is 12.1. The van der Waals surface area contributed by atoms with E-state index >= 15 is 0 Å². The van der Waals surface area contributed by atoms with Gasteiger partial charge in [0, 0.05) is 5.56 Å². The predicted octanol–water partition coefficient (Wildman–Crippen LogP) is 4.84. The fraction of sp³-hybridized carbons (Fsp3) is 0.0909. The summed E-state index contributed by atoms with van der Waals surface area (Å²) in [7, 11) is 0. The van der Waals surface area contributed by atoms with Crippen molar-refractivity contribution in [2.45, 2.75) is 13.0 Å². The topological polar surface area (TPSA) is 43.4 Å². The number of benzene rings is 3. The van der Waals surface area contributed by atoms with Crippen LogP contribution in [0.25, 0.3) is 0 Å². The number of hydrogen-bond donors (Lipinski definition) is 0. The second-order valence-corrected chi connectivity index (χ2v) is 5.74. The summed E-state index contributed by atoms with van der Waals surface area (Å²) in [5.41, 5.74) is 2.80. The van der Waals surface area contributed by atoms with E-state index in [-0.39, 0.29) is 5.78 Å². The highest BCUT2D eigenvalue weighted by Gasteiger charge is 2.20. The monoisotopic (exact) mass is 330 g/mol. The molecular formula is C22H18O3. The third kappa shape index (κ3) is 4.01. The molecule has 3 heteroatoms. The maximum atomic E-state index is 12.6. The minimum atomic E-state index is -0.484. The van der Waals surface area contributed by atoms with Crippen molar-refractivity contribution in [1.82, 2.24) is 0 Å². The number of hydrogen-bond acceptors (Lipinski definition) is 3. The van der Waals surface area contributed by atoms with E-state index < -0.39 is 12.1 Å². The number of carbonyl (C=O) groups is 2. The summed E-state index contributed by atoms with van der Waals surface area (Å²) in [4.78, 5) is 23.9. The number of rotatable bonds is 5. The molecule has 0 aliphatic carbocycles. The van der Waals surface area contributed by atoms with E-state index in [2.05, 4.69) is 0 Å². The molecule has 0 aliphatic heterocycles. The van der Waals surface area contributed by atoms with Gasteiger partial charge in [-0.25, -0.2) is 4.79 Å². The molecule has 0 N–H and O–H groups in total. The molecular weight excluding hydrogens is 312 g/mol. The Bertz CT molecular complexity index is 813. The van der Waals surface area contributed by atoms with Gasteiger partial charge >= 0.3 is 5.97 Å². The van der Waals surface area contributed by atoms with Crippen LogP contribution < -0.4 is 0 Å². The van der Waals surface area contributed by atoms with Crippen molar-refractivity contribution in [1.29, 1.82) is 0 Å². The molecule has 0 saturated heterocycles. The van der Waals surface area contributed by atoms with Gasteiger partial charge in [0.1, 0.15) is 0 Å². The number of Topliss-reactive ketones (excluding diaryl/α,β-unsaturated/α-hetero) is 1. The van der Waals surface area contributed by atoms with Gasteiger partial charge in [-0.15, -0.1) is 0 Å². The molecule has 0 aliphatic rings. The zero-order valence-corrected chi connectivity index (χ0v) is 13.9. The van der Waals surface area contributed by atoms with Crippen LogP contribution in [0, 0.1) is 0 Å². The Kier molecular flexibility index (Phi) is 5.05. The Morgan fingerprint density at radius 1 is 0.680 bits per heavy atom. The molecule has 0 aromatic heterocycles. The molecule has 3 aromatic rings. The van der Waals surface area contributed by atoms with Crippen molar-refractivity contribution in [3.8, 4) is 0 Å². The SMILES string of the molecule is CC(=O)c1ccc(C(=O)OC(c2ccccc2)c2ccccc2)cc1. The zero-order valence-electron chi connectivity index (χ0n) is 13.9. The van der Waals surface area contributed by atoms with Gasteiger partial charge in [0.2, 0.25) is 0 Å². The summed E-state index contributed by atoms with van der Waals surface area (Å²) in [6, 6.07) is 25.8. The third-order valence-electron chi connectivity index (χ3n) is 3.96. The smallest absolute Gasteiger partial charge is 0.339 e. The van der Waals surface area contributed by atoms with Crippen molar-refractivity contribution in [2.24, 2.45) is 0 Å². The van der Waals surface area contributed by atoms with Gasteiger partial charge in [-0.05, 0) is 30.2 Å². The average Bonchev–Trinajstić information content (AvgIpc) is 2.67. The van der Waals surface area contributed by atoms with Crippen molar-refractivity contribution in [3.05, 3.63) is 107 Å². The average molecular weight is 330 g/mol. The second-order valence-electron chi connectivity index (χ2n) is 5.74. The van der Waals surface area contributed by atoms with Crippen LogP contribution in [0.3, 0.4) is 0 Å². The van der Waals surface area contributed by atoms with E-state index in [4.69, 9.17) is 4.74 Å². The first-order valence-corrected chi connectivity index (χ1v) is 8.07. The van der Waals surface area contributed by atoms with Gasteiger partial charge in [0.05, 0.1) is 5.56 Å². The van der Waals surface area contributed by atoms with E-state index in [1.807, 2.05) is 60.7 Å². The largest absolute Gasteiger partial charge is 0.449 e. The molecule has 0 saturated carbocycles. The normalized spacial score (nSPS) is 10.5. The van der Waals surface area contributed by atoms with Crippen LogP contribution in [0.4, 0.5) is 0 Å². The first-order valence-electron chi connectivity index (χ1n) is 8.07. The van der Waals surface area contributed by atoms with Crippen molar-refractivity contribution in [2.75, 3.05) is 0 Å². The van der Waals surface area contributed by atoms with Crippen LogP contribution in [-0.2, 0) is 4.74 Å². The molecule has 3 rings (SSSR count). The lowest BCUT2D eigenvalue weighted by atomic mass is 10.0. The molecule has 124 valence electrons. The minimum Gasteiger partial charge on any atom is -0.449 e. The Labute approximate surface area is 146 Å². The fourth-order valence-corrected chi connectivity index (χ4v) is 2.60. The van der Waals surface area contributed by atoms with E-state index in [1.165, 1.54) is 6.92 Å². The third-order valence-corrected chi connectivity index (χ3v) is 3.96. The molecule has 25 heavy (non-hydrogen) atoms. The molecule has 0 atom stereocenters. The Hall–Kier alpha value is -3.20. The van der Waals surface area contributed by atoms with Crippen LogP contribution in [0.1, 0.15) is 44.9 Å². The van der Waals surface area contributed by atoms with Crippen LogP contribution in [0.2, 0.25) is 0 Å². The Morgan fingerprint density at radius 2 is 1.12 bits per heavy atom. The van der Waals surface area contributed by atoms with Crippen LogP contribution in [0.5, 0.6) is 0 Å². The maximum Gasteiger partial charge on any atom is 0.339 e. The summed E-state index contributed by atoms with van der Waals surface area (Å²) >= 11 is 0. The molecule has 3 nitrogen and oxygen atoms in total. The molecule has 0 heterocycles. The standard InChI is InChI=1S/C22H18O3/c1-16(23)17-12-14-20(15-13-17)22(24)25-21(18-8-4-2-5-9-18)19-10-6-3-7-11-19/h2-15,21H,1H3. The Balaban J connectivity index is 1.87. The first kappa shape index (κ1) is 16.7. The van der Waals surface area contributed by atoms with Crippen molar-refractivity contribution < 1.29 is 14.3 Å². The molecule has 3 aromatic carbocycles. The molecule has 0 fully saturated rings. The van der Waals surface area contributed by atoms with E-state index in [0.29, 0.717) is 11.1 Å². The molecule has 0 amide bonds. The minimum absolute atomic E-state index is 0.0358. The predicted molar refractivity (Wildman–Crippen MR) is 96.6 cm³/mol. The second kappa shape index (κ2) is 7.58. The van der Waals surface area contributed by atoms with Crippen LogP contribution in [0.15, 0.2) is 84.9 Å². The summed E-state index contributed by atoms with van der Waals surface area (Å²) in [5, 5.41) is 0. The number of esters is 1. The van der Waals surface area contributed by atoms with Gasteiger partial charge in [-0.3, -0.25) is 4.79 Å². The summed E-state index contributed by atoms with van der Waals surface area (Å²) in [6.45, 7) is 1.49. The zero-order chi connectivity index (χ0) is 17.6. The van der Waals surface area contributed by atoms with Gasteiger partial charge < -0.3 is 4.74 Å². The molecule has 0 unspecified atom stereocenters. The maximum absolute atomic E-state index is 12.6. The van der Waals surface area contributed by atoms with Gasteiger partial charge in [-0.2, -0.15) is 0 Å². The lowest BCUT2D eigenvalue weighted by Gasteiger charge is -2.19. The lowest BCUT2D eigenvalue weighted by molar-refractivity contribution is 0.0378. The lowest BCUT2D eigenvalue weighted by Crippen LogP contribution is -2.13. The van der Waals surface area contributed by atoms with Crippen molar-refractivity contribution >= 4 is 11.8 Å². The van der Waals surface area contributed by atoms with E-state index in [9.17, 15) is 9.59 Å².